The van der Waals surface area contributed by atoms with Crippen molar-refractivity contribution < 1.29 is 12.8 Å². The SMILES string of the molecule is O=S(=O)(c1ccccc1F)C1CCNCC1. The van der Waals surface area contributed by atoms with E-state index in [1.54, 1.807) is 6.07 Å². The van der Waals surface area contributed by atoms with E-state index in [-0.39, 0.29) is 4.90 Å². The number of hydrogen-bond acceptors (Lipinski definition) is 3. The molecule has 1 fully saturated rings. The molecule has 0 unspecified atom stereocenters. The van der Waals surface area contributed by atoms with Crippen molar-refractivity contribution in [2.75, 3.05) is 13.1 Å². The number of sulfone groups is 1. The lowest BCUT2D eigenvalue weighted by Crippen LogP contribution is -2.36. The maximum absolute atomic E-state index is 13.4. The molecule has 88 valence electrons. The van der Waals surface area contributed by atoms with Gasteiger partial charge in [-0.05, 0) is 38.1 Å². The minimum atomic E-state index is -3.51. The lowest BCUT2D eigenvalue weighted by molar-refractivity contribution is 0.491. The van der Waals surface area contributed by atoms with Crippen LogP contribution in [0.15, 0.2) is 29.2 Å². The van der Waals surface area contributed by atoms with Crippen LogP contribution in [-0.2, 0) is 9.84 Å². The van der Waals surface area contributed by atoms with E-state index in [1.165, 1.54) is 18.2 Å². The highest BCUT2D eigenvalue weighted by atomic mass is 32.2. The van der Waals surface area contributed by atoms with Crippen LogP contribution in [0.3, 0.4) is 0 Å². The molecule has 0 saturated carbocycles. The Bertz CT molecular complexity index is 467. The molecule has 1 N–H and O–H groups in total. The third kappa shape index (κ3) is 2.10. The number of hydrogen-bond donors (Lipinski definition) is 1. The van der Waals surface area contributed by atoms with Gasteiger partial charge in [-0.2, -0.15) is 0 Å². The summed E-state index contributed by atoms with van der Waals surface area (Å²) in [5.74, 6) is -0.652. The van der Waals surface area contributed by atoms with Crippen molar-refractivity contribution in [2.45, 2.75) is 23.0 Å². The summed E-state index contributed by atoms with van der Waals surface area (Å²) in [4.78, 5) is -0.165. The highest BCUT2D eigenvalue weighted by Gasteiger charge is 2.30. The van der Waals surface area contributed by atoms with Crippen molar-refractivity contribution in [3.63, 3.8) is 0 Å². The first-order valence-corrected chi connectivity index (χ1v) is 6.86. The van der Waals surface area contributed by atoms with E-state index < -0.39 is 20.9 Å². The van der Waals surface area contributed by atoms with Crippen molar-refractivity contribution in [3.8, 4) is 0 Å². The monoisotopic (exact) mass is 243 g/mol. The summed E-state index contributed by atoms with van der Waals surface area (Å²) < 4.78 is 37.7. The maximum Gasteiger partial charge on any atom is 0.184 e. The molecule has 0 atom stereocenters. The van der Waals surface area contributed by atoms with Crippen LogP contribution in [0.2, 0.25) is 0 Å². The topological polar surface area (TPSA) is 46.2 Å². The lowest BCUT2D eigenvalue weighted by Gasteiger charge is -2.22. The molecule has 1 heterocycles. The Morgan fingerprint density at radius 1 is 1.19 bits per heavy atom. The van der Waals surface area contributed by atoms with Crippen molar-refractivity contribution in [1.29, 1.82) is 0 Å². The quantitative estimate of drug-likeness (QED) is 0.853. The number of rotatable bonds is 2. The molecule has 1 saturated heterocycles. The van der Waals surface area contributed by atoms with Gasteiger partial charge in [0.15, 0.2) is 9.84 Å². The van der Waals surface area contributed by atoms with Crippen molar-refractivity contribution >= 4 is 9.84 Å². The molecule has 0 aliphatic carbocycles. The summed E-state index contributed by atoms with van der Waals surface area (Å²) in [6.07, 6.45) is 1.10. The second kappa shape index (κ2) is 4.51. The van der Waals surface area contributed by atoms with Crippen LogP contribution in [0, 0.1) is 5.82 Å². The predicted octanol–water partition coefficient (Wildman–Crippen LogP) is 1.35. The summed E-state index contributed by atoms with van der Waals surface area (Å²) in [5.41, 5.74) is 0. The van der Waals surface area contributed by atoms with Gasteiger partial charge in [0.25, 0.3) is 0 Å². The fraction of sp³-hybridized carbons (Fsp3) is 0.455. The minimum Gasteiger partial charge on any atom is -0.317 e. The van der Waals surface area contributed by atoms with Crippen molar-refractivity contribution in [3.05, 3.63) is 30.1 Å². The fourth-order valence-corrected chi connectivity index (χ4v) is 3.78. The summed E-state index contributed by atoms with van der Waals surface area (Å²) in [6.45, 7) is 1.36. The predicted molar refractivity (Wildman–Crippen MR) is 59.5 cm³/mol. The van der Waals surface area contributed by atoms with Crippen LogP contribution in [0.25, 0.3) is 0 Å². The van der Waals surface area contributed by atoms with Crippen molar-refractivity contribution in [2.24, 2.45) is 0 Å². The van der Waals surface area contributed by atoms with Gasteiger partial charge in [-0.1, -0.05) is 12.1 Å². The van der Waals surface area contributed by atoms with E-state index in [2.05, 4.69) is 5.32 Å². The fourth-order valence-electron chi connectivity index (χ4n) is 1.96. The smallest absolute Gasteiger partial charge is 0.184 e. The van der Waals surface area contributed by atoms with E-state index in [0.717, 1.165) is 0 Å². The zero-order valence-electron chi connectivity index (χ0n) is 8.82. The Balaban J connectivity index is 2.35. The molecule has 5 heteroatoms. The molecular weight excluding hydrogens is 229 g/mol. The van der Waals surface area contributed by atoms with E-state index in [4.69, 9.17) is 0 Å². The Hall–Kier alpha value is -0.940. The molecule has 16 heavy (non-hydrogen) atoms. The second-order valence-corrected chi connectivity index (χ2v) is 6.12. The first-order chi connectivity index (χ1) is 7.62. The van der Waals surface area contributed by atoms with E-state index in [0.29, 0.717) is 25.9 Å². The van der Waals surface area contributed by atoms with Crippen molar-refractivity contribution in [1.82, 2.24) is 5.32 Å². The number of piperidine rings is 1. The van der Waals surface area contributed by atoms with Crippen LogP contribution in [-0.4, -0.2) is 26.8 Å². The first kappa shape index (κ1) is 11.5. The normalized spacial score (nSPS) is 18.6. The molecule has 1 aliphatic heterocycles. The van der Waals surface area contributed by atoms with Gasteiger partial charge < -0.3 is 5.32 Å². The summed E-state index contributed by atoms with van der Waals surface area (Å²) in [7, 11) is -3.51. The van der Waals surface area contributed by atoms with Crippen LogP contribution >= 0.6 is 0 Å². The molecule has 1 aromatic carbocycles. The summed E-state index contributed by atoms with van der Waals surface area (Å²) >= 11 is 0. The Morgan fingerprint density at radius 3 is 2.44 bits per heavy atom. The number of halogens is 1. The second-order valence-electron chi connectivity index (χ2n) is 3.92. The van der Waals surface area contributed by atoms with Gasteiger partial charge >= 0.3 is 0 Å². The first-order valence-electron chi connectivity index (χ1n) is 5.31. The molecule has 0 amide bonds. The standard InChI is InChI=1S/C11H14FNO2S/c12-10-3-1-2-4-11(10)16(14,15)9-5-7-13-8-6-9/h1-4,9,13H,5-8H2. The molecule has 0 radical (unpaired) electrons. The highest BCUT2D eigenvalue weighted by Crippen LogP contribution is 2.24. The molecule has 1 aromatic rings. The molecule has 0 spiro atoms. The minimum absolute atomic E-state index is 0.165. The van der Waals surface area contributed by atoms with Crippen LogP contribution in [0.5, 0.6) is 0 Å². The van der Waals surface area contributed by atoms with Gasteiger partial charge in [0, 0.05) is 0 Å². The third-order valence-corrected chi connectivity index (χ3v) is 5.16. The van der Waals surface area contributed by atoms with E-state index in [9.17, 15) is 12.8 Å². The zero-order chi connectivity index (χ0) is 11.6. The van der Waals surface area contributed by atoms with Crippen LogP contribution in [0.1, 0.15) is 12.8 Å². The lowest BCUT2D eigenvalue weighted by atomic mass is 10.2. The van der Waals surface area contributed by atoms with Crippen LogP contribution in [0.4, 0.5) is 4.39 Å². The van der Waals surface area contributed by atoms with Crippen LogP contribution < -0.4 is 5.32 Å². The van der Waals surface area contributed by atoms with Gasteiger partial charge in [0.1, 0.15) is 10.7 Å². The Morgan fingerprint density at radius 2 is 1.81 bits per heavy atom. The average molecular weight is 243 g/mol. The molecule has 0 bridgehead atoms. The Kier molecular flexibility index (Phi) is 3.25. The number of nitrogens with one attached hydrogen (secondary N) is 1. The van der Waals surface area contributed by atoms with Gasteiger partial charge in [-0.3, -0.25) is 0 Å². The van der Waals surface area contributed by atoms with Gasteiger partial charge in [0.2, 0.25) is 0 Å². The molecule has 3 nitrogen and oxygen atoms in total. The largest absolute Gasteiger partial charge is 0.317 e. The van der Waals surface area contributed by atoms with Gasteiger partial charge in [-0.25, -0.2) is 12.8 Å². The van der Waals surface area contributed by atoms with Gasteiger partial charge in [0.05, 0.1) is 5.25 Å². The molecule has 2 rings (SSSR count). The number of benzene rings is 1. The highest BCUT2D eigenvalue weighted by molar-refractivity contribution is 7.92. The maximum atomic E-state index is 13.4. The molecule has 0 aromatic heterocycles. The molecule has 1 aliphatic rings. The Labute approximate surface area is 94.6 Å². The van der Waals surface area contributed by atoms with E-state index >= 15 is 0 Å². The third-order valence-electron chi connectivity index (χ3n) is 2.87. The average Bonchev–Trinajstić information content (AvgIpc) is 2.30. The van der Waals surface area contributed by atoms with E-state index in [1.807, 2.05) is 0 Å². The molecular formula is C11H14FNO2S. The summed E-state index contributed by atoms with van der Waals surface area (Å²) in [6, 6.07) is 5.58. The zero-order valence-corrected chi connectivity index (χ0v) is 9.63. The summed E-state index contributed by atoms with van der Waals surface area (Å²) in [5, 5.41) is 2.64. The van der Waals surface area contributed by atoms with Gasteiger partial charge in [-0.15, -0.1) is 0 Å².